The Balaban J connectivity index is 4.92. The number of carbonyl (C=O) groups is 4. The van der Waals surface area contributed by atoms with E-state index in [0.29, 0.717) is 25.8 Å². The normalized spacial score (nSPS) is 14.1. The van der Waals surface area contributed by atoms with Crippen molar-refractivity contribution in [3.8, 4) is 0 Å². The number of carbonyl (C=O) groups excluding carboxylic acids is 3. The van der Waals surface area contributed by atoms with Gasteiger partial charge in [-0.05, 0) is 31.7 Å². The van der Waals surface area contributed by atoms with Gasteiger partial charge in [0.2, 0.25) is 17.7 Å². The van der Waals surface area contributed by atoms with Crippen LogP contribution in [0.15, 0.2) is 0 Å². The molecule has 0 saturated heterocycles. The zero-order valence-electron chi connectivity index (χ0n) is 16.4. The van der Waals surface area contributed by atoms with Gasteiger partial charge in [-0.3, -0.25) is 19.2 Å². The van der Waals surface area contributed by atoms with Gasteiger partial charge in [-0.2, -0.15) is 0 Å². The largest absolute Gasteiger partial charge is 0.480 e. The van der Waals surface area contributed by atoms with Gasteiger partial charge in [-0.25, -0.2) is 0 Å². The molecule has 0 aromatic heterocycles. The van der Waals surface area contributed by atoms with Crippen LogP contribution in [0, 0.1) is 5.92 Å². The van der Waals surface area contributed by atoms with Crippen molar-refractivity contribution in [2.45, 2.75) is 57.7 Å². The number of rotatable bonds is 14. The van der Waals surface area contributed by atoms with E-state index < -0.39 is 55.0 Å². The Hall–Kier alpha value is -2.24. The Kier molecular flexibility index (Phi) is 12.7. The minimum absolute atomic E-state index is 0.0536. The molecule has 3 unspecified atom stereocenters. The third-order valence-corrected chi connectivity index (χ3v) is 3.88. The number of aliphatic hydroxyl groups excluding tert-OH is 1. The summed E-state index contributed by atoms with van der Waals surface area (Å²) in [5.74, 6) is -3.20. The van der Waals surface area contributed by atoms with E-state index in [0.717, 1.165) is 6.42 Å². The Morgan fingerprint density at radius 1 is 0.964 bits per heavy atom. The number of hydrogen-bond donors (Lipinski definition) is 7. The molecule has 0 aliphatic carbocycles. The van der Waals surface area contributed by atoms with E-state index in [1.54, 1.807) is 0 Å². The highest BCUT2D eigenvalue weighted by Crippen LogP contribution is 2.07. The summed E-state index contributed by atoms with van der Waals surface area (Å²) in [6.07, 6.45) is 2.14. The summed E-state index contributed by atoms with van der Waals surface area (Å²) in [7, 11) is 0. The quantitative estimate of drug-likeness (QED) is 0.156. The van der Waals surface area contributed by atoms with E-state index in [1.807, 2.05) is 13.8 Å². The van der Waals surface area contributed by atoms with E-state index in [4.69, 9.17) is 16.6 Å². The van der Waals surface area contributed by atoms with E-state index in [9.17, 15) is 24.3 Å². The van der Waals surface area contributed by atoms with E-state index in [-0.39, 0.29) is 5.92 Å². The number of unbranched alkanes of at least 4 members (excludes halogenated alkanes) is 1. The van der Waals surface area contributed by atoms with Crippen LogP contribution in [-0.2, 0) is 19.2 Å². The van der Waals surface area contributed by atoms with Gasteiger partial charge < -0.3 is 37.6 Å². The van der Waals surface area contributed by atoms with Crippen LogP contribution in [-0.4, -0.2) is 71.7 Å². The van der Waals surface area contributed by atoms with Crippen molar-refractivity contribution in [1.82, 2.24) is 16.0 Å². The molecule has 0 rings (SSSR count). The molecular weight excluding hydrogens is 370 g/mol. The molecule has 162 valence electrons. The summed E-state index contributed by atoms with van der Waals surface area (Å²) in [6, 6.07) is -3.08. The maximum absolute atomic E-state index is 12.5. The van der Waals surface area contributed by atoms with Crippen LogP contribution < -0.4 is 27.4 Å². The molecule has 11 nitrogen and oxygen atoms in total. The number of carboxylic acid groups (broad SMARTS) is 1. The lowest BCUT2D eigenvalue weighted by Crippen LogP contribution is -2.57. The van der Waals surface area contributed by atoms with Crippen molar-refractivity contribution in [2.75, 3.05) is 19.7 Å². The monoisotopic (exact) mass is 403 g/mol. The van der Waals surface area contributed by atoms with Crippen LogP contribution in [0.3, 0.4) is 0 Å². The Bertz CT molecular complexity index is 528. The summed E-state index contributed by atoms with van der Waals surface area (Å²) in [5.41, 5.74) is 11.2. The highest BCUT2D eigenvalue weighted by atomic mass is 16.4. The van der Waals surface area contributed by atoms with Gasteiger partial charge in [-0.1, -0.05) is 20.3 Å². The Morgan fingerprint density at radius 2 is 1.57 bits per heavy atom. The molecule has 0 aliphatic heterocycles. The predicted octanol–water partition coefficient (Wildman–Crippen LogP) is -2.35. The molecule has 0 heterocycles. The Morgan fingerprint density at radius 3 is 2.07 bits per heavy atom. The van der Waals surface area contributed by atoms with Crippen LogP contribution in [0.4, 0.5) is 0 Å². The van der Waals surface area contributed by atoms with Crippen molar-refractivity contribution in [3.63, 3.8) is 0 Å². The summed E-state index contributed by atoms with van der Waals surface area (Å²) in [5, 5.41) is 24.9. The zero-order valence-corrected chi connectivity index (χ0v) is 16.4. The van der Waals surface area contributed by atoms with Gasteiger partial charge in [0, 0.05) is 0 Å². The third kappa shape index (κ3) is 10.8. The lowest BCUT2D eigenvalue weighted by Gasteiger charge is -2.24. The summed E-state index contributed by atoms with van der Waals surface area (Å²) >= 11 is 0. The van der Waals surface area contributed by atoms with Crippen LogP contribution in [0.1, 0.15) is 39.5 Å². The predicted molar refractivity (Wildman–Crippen MR) is 102 cm³/mol. The molecule has 11 heteroatoms. The molecule has 3 amide bonds. The topological polar surface area (TPSA) is 197 Å². The second kappa shape index (κ2) is 13.9. The molecule has 0 fully saturated rings. The molecule has 0 saturated carbocycles. The second-order valence-corrected chi connectivity index (χ2v) is 6.94. The molecule has 0 aromatic rings. The first-order valence-electron chi connectivity index (χ1n) is 9.29. The number of aliphatic carboxylic acids is 1. The van der Waals surface area contributed by atoms with Crippen molar-refractivity contribution in [3.05, 3.63) is 0 Å². The summed E-state index contributed by atoms with van der Waals surface area (Å²) in [4.78, 5) is 47.2. The maximum atomic E-state index is 12.5. The fraction of sp³-hybridized carbons (Fsp3) is 0.765. The zero-order chi connectivity index (χ0) is 21.7. The van der Waals surface area contributed by atoms with Gasteiger partial charge in [0.05, 0.1) is 12.6 Å². The van der Waals surface area contributed by atoms with Crippen LogP contribution >= 0.6 is 0 Å². The number of aliphatic hydroxyl groups is 1. The first-order chi connectivity index (χ1) is 13.1. The minimum atomic E-state index is -1.34. The van der Waals surface area contributed by atoms with Crippen LogP contribution in [0.25, 0.3) is 0 Å². The van der Waals surface area contributed by atoms with Crippen LogP contribution in [0.2, 0.25) is 0 Å². The fourth-order valence-electron chi connectivity index (χ4n) is 2.37. The molecule has 0 bridgehead atoms. The average molecular weight is 403 g/mol. The van der Waals surface area contributed by atoms with Crippen molar-refractivity contribution < 1.29 is 29.4 Å². The Labute approximate surface area is 164 Å². The number of nitrogens with one attached hydrogen (secondary N) is 3. The smallest absolute Gasteiger partial charge is 0.322 e. The van der Waals surface area contributed by atoms with Gasteiger partial charge in [-0.15, -0.1) is 0 Å². The number of nitrogens with two attached hydrogens (primary N) is 2. The molecule has 0 aliphatic rings. The van der Waals surface area contributed by atoms with Crippen molar-refractivity contribution in [1.29, 1.82) is 0 Å². The van der Waals surface area contributed by atoms with E-state index in [1.165, 1.54) is 0 Å². The van der Waals surface area contributed by atoms with Crippen LogP contribution in [0.5, 0.6) is 0 Å². The third-order valence-electron chi connectivity index (χ3n) is 3.88. The molecule has 28 heavy (non-hydrogen) atoms. The first kappa shape index (κ1) is 25.8. The van der Waals surface area contributed by atoms with Gasteiger partial charge in [0.15, 0.2) is 0 Å². The van der Waals surface area contributed by atoms with E-state index >= 15 is 0 Å². The highest BCUT2D eigenvalue weighted by molar-refractivity contribution is 5.93. The molecule has 3 atom stereocenters. The molecule has 9 N–H and O–H groups in total. The van der Waals surface area contributed by atoms with E-state index in [2.05, 4.69) is 16.0 Å². The summed E-state index contributed by atoms with van der Waals surface area (Å²) in [6.45, 7) is 2.85. The van der Waals surface area contributed by atoms with Gasteiger partial charge in [0.1, 0.15) is 18.6 Å². The molecule has 0 aromatic carbocycles. The standard InChI is InChI=1S/C17H33N5O6/c1-10(2)7-12(21-15(26)11(19)5-3-4-6-18)17(28)22-13(9-23)16(27)20-8-14(24)25/h10-13,23H,3-9,18-19H2,1-2H3,(H,20,27)(H,21,26)(H,22,28)(H,24,25). The SMILES string of the molecule is CC(C)CC(NC(=O)C(N)CCCCN)C(=O)NC(CO)C(=O)NCC(=O)O. The van der Waals surface area contributed by atoms with Gasteiger partial charge >= 0.3 is 5.97 Å². The molecule has 0 radical (unpaired) electrons. The number of amides is 3. The second-order valence-electron chi connectivity index (χ2n) is 6.94. The van der Waals surface area contributed by atoms with Crippen molar-refractivity contribution in [2.24, 2.45) is 17.4 Å². The number of carboxylic acids is 1. The van der Waals surface area contributed by atoms with Gasteiger partial charge in [0.25, 0.3) is 0 Å². The lowest BCUT2D eigenvalue weighted by atomic mass is 10.0. The maximum Gasteiger partial charge on any atom is 0.322 e. The fourth-order valence-corrected chi connectivity index (χ4v) is 2.37. The molecular formula is C17H33N5O6. The lowest BCUT2D eigenvalue weighted by molar-refractivity contribution is -0.139. The summed E-state index contributed by atoms with van der Waals surface area (Å²) < 4.78 is 0. The molecule has 0 spiro atoms. The average Bonchev–Trinajstić information content (AvgIpc) is 2.62. The minimum Gasteiger partial charge on any atom is -0.480 e. The van der Waals surface area contributed by atoms with Crippen molar-refractivity contribution >= 4 is 23.7 Å². The highest BCUT2D eigenvalue weighted by Gasteiger charge is 2.28. The first-order valence-corrected chi connectivity index (χ1v) is 9.29. The number of hydrogen-bond acceptors (Lipinski definition) is 7.